The van der Waals surface area contributed by atoms with E-state index in [4.69, 9.17) is 9.47 Å². The van der Waals surface area contributed by atoms with Crippen LogP contribution in [0.15, 0.2) is 0 Å². The van der Waals surface area contributed by atoms with Gasteiger partial charge in [0.05, 0.1) is 12.7 Å². The van der Waals surface area contributed by atoms with Crippen LogP contribution in [0.1, 0.15) is 279 Å². The molecule has 4 heteroatoms. The van der Waals surface area contributed by atoms with Gasteiger partial charge in [-0.2, -0.15) is 0 Å². The van der Waals surface area contributed by atoms with Crippen LogP contribution < -0.4 is 0 Å². The normalized spacial score (nSPS) is 11.1. The van der Waals surface area contributed by atoms with Crippen molar-refractivity contribution in [1.29, 1.82) is 0 Å². The molecule has 0 aliphatic heterocycles. The Morgan fingerprint density at radius 1 is 0.333 bits per heavy atom. The van der Waals surface area contributed by atoms with Crippen LogP contribution in [0.3, 0.4) is 0 Å². The van der Waals surface area contributed by atoms with Gasteiger partial charge in [-0.15, -0.1) is 0 Å². The number of carbonyl (C=O) groups is 2. The molecule has 0 aliphatic rings. The van der Waals surface area contributed by atoms with Gasteiger partial charge in [-0.25, -0.2) is 0 Å². The van der Waals surface area contributed by atoms with E-state index >= 15 is 0 Å². The van der Waals surface area contributed by atoms with E-state index in [2.05, 4.69) is 20.8 Å². The van der Waals surface area contributed by atoms with Crippen LogP contribution >= 0.6 is 0 Å². The van der Waals surface area contributed by atoms with Crippen LogP contribution in [-0.2, 0) is 19.1 Å². The summed E-state index contributed by atoms with van der Waals surface area (Å²) in [5, 5.41) is 0. The molecule has 0 rings (SSSR count). The summed E-state index contributed by atoms with van der Waals surface area (Å²) in [6, 6.07) is 0. The summed E-state index contributed by atoms with van der Waals surface area (Å²) >= 11 is 0. The summed E-state index contributed by atoms with van der Waals surface area (Å²) in [5.41, 5.74) is 0. The second-order valence-corrected chi connectivity index (χ2v) is 15.9. The van der Waals surface area contributed by atoms with Crippen LogP contribution in [0.25, 0.3) is 0 Å². The summed E-state index contributed by atoms with van der Waals surface area (Å²) in [5.74, 6) is -0.0158. The first-order chi connectivity index (χ1) is 25.0. The molecule has 0 aromatic carbocycles. The zero-order valence-electron chi connectivity index (χ0n) is 35.8. The lowest BCUT2D eigenvalue weighted by Gasteiger charge is -2.07. The van der Waals surface area contributed by atoms with Gasteiger partial charge in [-0.3, -0.25) is 9.59 Å². The molecule has 0 saturated carbocycles. The van der Waals surface area contributed by atoms with E-state index in [9.17, 15) is 9.59 Å². The summed E-state index contributed by atoms with van der Waals surface area (Å²) in [4.78, 5) is 23.1. The van der Waals surface area contributed by atoms with Crippen molar-refractivity contribution in [2.24, 2.45) is 0 Å². The maximum absolute atomic E-state index is 11.7. The van der Waals surface area contributed by atoms with Crippen molar-refractivity contribution in [2.75, 3.05) is 6.61 Å². The van der Waals surface area contributed by atoms with E-state index in [1.165, 1.54) is 212 Å². The molecule has 0 N–H and O–H groups in total. The highest BCUT2D eigenvalue weighted by Gasteiger charge is 2.05. The fraction of sp³-hybridized carbons (Fsp3) is 0.957. The molecule has 306 valence electrons. The van der Waals surface area contributed by atoms with Crippen molar-refractivity contribution in [1.82, 2.24) is 0 Å². The molecule has 0 aromatic heterocycles. The van der Waals surface area contributed by atoms with E-state index in [-0.39, 0.29) is 18.0 Å². The van der Waals surface area contributed by atoms with Gasteiger partial charge in [0.1, 0.15) is 0 Å². The molecule has 0 radical (unpaired) electrons. The van der Waals surface area contributed by atoms with Crippen LogP contribution in [0.4, 0.5) is 0 Å². The number of unbranched alkanes of at least 4 members (excludes halogenated alkanes) is 33. The van der Waals surface area contributed by atoms with Gasteiger partial charge in [0.15, 0.2) is 0 Å². The Kier molecular flexibility index (Phi) is 47.9. The van der Waals surface area contributed by atoms with Crippen LogP contribution in [0, 0.1) is 0 Å². The van der Waals surface area contributed by atoms with Gasteiger partial charge in [0.25, 0.3) is 0 Å². The molecule has 0 aromatic rings. The smallest absolute Gasteiger partial charge is 0.306 e. The quantitative estimate of drug-likeness (QED) is 0.0467. The van der Waals surface area contributed by atoms with E-state index in [0.717, 1.165) is 19.3 Å². The number of carbonyl (C=O) groups excluding carboxylic acids is 2. The van der Waals surface area contributed by atoms with Crippen LogP contribution in [0.2, 0.25) is 0 Å². The Labute approximate surface area is 321 Å². The van der Waals surface area contributed by atoms with Crippen molar-refractivity contribution >= 4 is 11.9 Å². The minimum absolute atomic E-state index is 0.0169. The number of esters is 2. The third-order valence-corrected chi connectivity index (χ3v) is 10.1. The van der Waals surface area contributed by atoms with Gasteiger partial charge >= 0.3 is 11.9 Å². The number of ether oxygens (including phenoxy) is 2. The molecule has 0 unspecified atom stereocenters. The molecule has 0 fully saturated rings. The van der Waals surface area contributed by atoms with Crippen molar-refractivity contribution < 1.29 is 19.1 Å². The molecule has 0 atom stereocenters. The number of rotatable bonds is 40. The highest BCUT2D eigenvalue weighted by atomic mass is 16.5. The average molecular weight is 723 g/mol. The second kappa shape index (κ2) is 47.0. The maximum atomic E-state index is 11.7. The summed E-state index contributed by atoms with van der Waals surface area (Å²) in [6.07, 6.45) is 49.4. The molecule has 0 amide bonds. The molecular formula is C47H94O4. The topological polar surface area (TPSA) is 52.6 Å². The predicted molar refractivity (Wildman–Crippen MR) is 225 cm³/mol. The summed E-state index contributed by atoms with van der Waals surface area (Å²) < 4.78 is 10.5. The average Bonchev–Trinajstić information content (AvgIpc) is 3.11. The third-order valence-electron chi connectivity index (χ3n) is 10.1. The zero-order chi connectivity index (χ0) is 37.7. The lowest BCUT2D eigenvalue weighted by Crippen LogP contribution is -2.10. The Bertz CT molecular complexity index is 661. The predicted octanol–water partition coefficient (Wildman–Crippen LogP) is 16.4. The second-order valence-electron chi connectivity index (χ2n) is 15.9. The lowest BCUT2D eigenvalue weighted by molar-refractivity contribution is -0.147. The molecule has 0 heterocycles. The van der Waals surface area contributed by atoms with Gasteiger partial charge in [-0.1, -0.05) is 233 Å². The SMILES string of the molecule is CCCCCCCCCCCCCCCCCC(=O)OC(C)C.CCCCCCCCCCCCCCCCCC(=O)OCCCCCCCC. The van der Waals surface area contributed by atoms with Crippen molar-refractivity contribution in [3.63, 3.8) is 0 Å². The fourth-order valence-corrected chi connectivity index (χ4v) is 6.74. The monoisotopic (exact) mass is 723 g/mol. The minimum Gasteiger partial charge on any atom is -0.466 e. The van der Waals surface area contributed by atoms with Crippen molar-refractivity contribution in [3.8, 4) is 0 Å². The van der Waals surface area contributed by atoms with E-state index < -0.39 is 0 Å². The standard InChI is InChI=1S/C26H52O2.C21H42O2/c1-3-5-7-9-11-12-13-14-15-16-17-18-19-20-22-24-26(27)28-25-23-21-10-8-6-4-2;1-4-5-6-7-8-9-10-11-12-13-14-15-16-17-18-19-21(22)23-20(2)3/h3-25H2,1-2H3;20H,4-19H2,1-3H3. The first kappa shape index (κ1) is 52.0. The zero-order valence-corrected chi connectivity index (χ0v) is 35.8. The fourth-order valence-electron chi connectivity index (χ4n) is 6.74. The molecule has 51 heavy (non-hydrogen) atoms. The van der Waals surface area contributed by atoms with Gasteiger partial charge in [-0.05, 0) is 33.1 Å². The highest BCUT2D eigenvalue weighted by Crippen LogP contribution is 2.16. The first-order valence-electron chi connectivity index (χ1n) is 23.3. The Balaban J connectivity index is 0. The summed E-state index contributed by atoms with van der Waals surface area (Å²) in [7, 11) is 0. The number of hydrogen-bond donors (Lipinski definition) is 0. The minimum atomic E-state index is -0.0327. The molecule has 0 spiro atoms. The third kappa shape index (κ3) is 51.1. The molecule has 0 bridgehead atoms. The first-order valence-corrected chi connectivity index (χ1v) is 23.3. The summed E-state index contributed by atoms with van der Waals surface area (Å²) in [6.45, 7) is 11.2. The van der Waals surface area contributed by atoms with E-state index in [1.807, 2.05) is 13.8 Å². The number of hydrogen-bond acceptors (Lipinski definition) is 4. The highest BCUT2D eigenvalue weighted by molar-refractivity contribution is 5.69. The van der Waals surface area contributed by atoms with Crippen LogP contribution in [-0.4, -0.2) is 24.6 Å². The lowest BCUT2D eigenvalue weighted by atomic mass is 10.0. The Hall–Kier alpha value is -1.06. The molecule has 0 aliphatic carbocycles. The molecule has 0 saturated heterocycles. The molecule has 4 nitrogen and oxygen atoms in total. The van der Waals surface area contributed by atoms with Crippen molar-refractivity contribution in [3.05, 3.63) is 0 Å². The van der Waals surface area contributed by atoms with Crippen molar-refractivity contribution in [2.45, 2.75) is 285 Å². The van der Waals surface area contributed by atoms with E-state index in [1.54, 1.807) is 0 Å². The largest absolute Gasteiger partial charge is 0.466 e. The van der Waals surface area contributed by atoms with Gasteiger partial charge in [0, 0.05) is 12.8 Å². The van der Waals surface area contributed by atoms with Gasteiger partial charge < -0.3 is 9.47 Å². The Morgan fingerprint density at radius 2 is 0.569 bits per heavy atom. The molecular weight excluding hydrogens is 629 g/mol. The van der Waals surface area contributed by atoms with Crippen LogP contribution in [0.5, 0.6) is 0 Å². The van der Waals surface area contributed by atoms with Gasteiger partial charge in [0.2, 0.25) is 0 Å². The van der Waals surface area contributed by atoms with E-state index in [0.29, 0.717) is 19.4 Å². The Morgan fingerprint density at radius 3 is 0.843 bits per heavy atom. The maximum Gasteiger partial charge on any atom is 0.306 e.